The largest absolute Gasteiger partial charge is 0.494 e. The first-order chi connectivity index (χ1) is 12.4. The first kappa shape index (κ1) is 18.0. The summed E-state index contributed by atoms with van der Waals surface area (Å²) in [6, 6.07) is 10.5. The Kier molecular flexibility index (Phi) is 5.00. The summed E-state index contributed by atoms with van der Waals surface area (Å²) >= 11 is 6.00. The number of fused-ring (bicyclic) bond motifs is 1. The first-order valence-corrected chi connectivity index (χ1v) is 8.62. The molecule has 6 heteroatoms. The van der Waals surface area contributed by atoms with E-state index in [2.05, 4.69) is 5.32 Å². The van der Waals surface area contributed by atoms with E-state index in [0.29, 0.717) is 28.5 Å². The molecule has 0 aliphatic rings. The molecular formula is C20H19ClN2O3. The fourth-order valence-electron chi connectivity index (χ4n) is 2.81. The molecule has 1 N–H and O–H groups in total. The SMILES string of the molecule is CCOc1ccc2c(c1)c(=O)c(C(=O)Nc1cc(Cl)ccc1C)cn2C. The number of pyridine rings is 1. The van der Waals surface area contributed by atoms with Crippen LogP contribution in [0.5, 0.6) is 5.75 Å². The van der Waals surface area contributed by atoms with Crippen LogP contribution in [0.3, 0.4) is 0 Å². The predicted octanol–water partition coefficient (Wildman–Crippen LogP) is 4.15. The van der Waals surface area contributed by atoms with Crippen LogP contribution in [0.4, 0.5) is 5.69 Å². The van der Waals surface area contributed by atoms with Crippen molar-refractivity contribution in [3.63, 3.8) is 0 Å². The van der Waals surface area contributed by atoms with Crippen molar-refractivity contribution in [2.45, 2.75) is 13.8 Å². The number of carbonyl (C=O) groups is 1. The van der Waals surface area contributed by atoms with E-state index >= 15 is 0 Å². The van der Waals surface area contributed by atoms with Crippen molar-refractivity contribution >= 4 is 34.1 Å². The minimum atomic E-state index is -0.473. The summed E-state index contributed by atoms with van der Waals surface area (Å²) in [5, 5.41) is 3.72. The average Bonchev–Trinajstić information content (AvgIpc) is 2.61. The van der Waals surface area contributed by atoms with Gasteiger partial charge < -0.3 is 14.6 Å². The molecule has 3 aromatic rings. The van der Waals surface area contributed by atoms with Gasteiger partial charge in [-0.25, -0.2) is 0 Å². The van der Waals surface area contributed by atoms with Gasteiger partial charge in [0.05, 0.1) is 17.5 Å². The van der Waals surface area contributed by atoms with Gasteiger partial charge in [0.15, 0.2) is 0 Å². The molecule has 26 heavy (non-hydrogen) atoms. The molecule has 0 bridgehead atoms. The Morgan fingerprint density at radius 2 is 2.00 bits per heavy atom. The van der Waals surface area contributed by atoms with Crippen molar-refractivity contribution in [2.75, 3.05) is 11.9 Å². The van der Waals surface area contributed by atoms with Crippen molar-refractivity contribution in [1.29, 1.82) is 0 Å². The lowest BCUT2D eigenvalue weighted by atomic mass is 10.1. The number of anilines is 1. The number of aryl methyl sites for hydroxylation is 2. The van der Waals surface area contributed by atoms with Gasteiger partial charge in [-0.15, -0.1) is 0 Å². The molecule has 0 saturated heterocycles. The van der Waals surface area contributed by atoms with Crippen LogP contribution in [0.25, 0.3) is 10.9 Å². The van der Waals surface area contributed by atoms with E-state index in [1.807, 2.05) is 26.0 Å². The van der Waals surface area contributed by atoms with E-state index < -0.39 is 5.91 Å². The Balaban J connectivity index is 2.06. The number of aromatic nitrogens is 1. The van der Waals surface area contributed by atoms with E-state index in [9.17, 15) is 9.59 Å². The van der Waals surface area contributed by atoms with Crippen LogP contribution in [-0.4, -0.2) is 17.1 Å². The van der Waals surface area contributed by atoms with Gasteiger partial charge in [0.25, 0.3) is 5.91 Å². The van der Waals surface area contributed by atoms with Crippen molar-refractivity contribution < 1.29 is 9.53 Å². The molecule has 0 aliphatic heterocycles. The molecule has 0 atom stereocenters. The van der Waals surface area contributed by atoms with Crippen LogP contribution >= 0.6 is 11.6 Å². The Labute approximate surface area is 156 Å². The molecular weight excluding hydrogens is 352 g/mol. The van der Waals surface area contributed by atoms with Crippen LogP contribution in [0.2, 0.25) is 5.02 Å². The lowest BCUT2D eigenvalue weighted by Crippen LogP contribution is -2.23. The smallest absolute Gasteiger partial charge is 0.261 e. The number of amides is 1. The molecule has 1 aromatic heterocycles. The lowest BCUT2D eigenvalue weighted by molar-refractivity contribution is 0.102. The second-order valence-electron chi connectivity index (χ2n) is 6.01. The number of halogens is 1. The predicted molar refractivity (Wildman–Crippen MR) is 105 cm³/mol. The third-order valence-corrected chi connectivity index (χ3v) is 4.40. The summed E-state index contributed by atoms with van der Waals surface area (Å²) in [4.78, 5) is 25.6. The Hall–Kier alpha value is -2.79. The van der Waals surface area contributed by atoms with E-state index in [1.165, 1.54) is 0 Å². The molecule has 0 fully saturated rings. The van der Waals surface area contributed by atoms with E-state index in [4.69, 9.17) is 16.3 Å². The number of ether oxygens (including phenoxy) is 1. The zero-order valence-electron chi connectivity index (χ0n) is 14.8. The molecule has 1 amide bonds. The molecule has 0 aliphatic carbocycles. The highest BCUT2D eigenvalue weighted by atomic mass is 35.5. The van der Waals surface area contributed by atoms with E-state index in [-0.39, 0.29) is 11.0 Å². The molecule has 5 nitrogen and oxygen atoms in total. The number of hydrogen-bond acceptors (Lipinski definition) is 3. The van der Waals surface area contributed by atoms with Crippen molar-refractivity contribution in [1.82, 2.24) is 4.57 Å². The average molecular weight is 371 g/mol. The second kappa shape index (κ2) is 7.22. The van der Waals surface area contributed by atoms with Gasteiger partial charge in [-0.3, -0.25) is 9.59 Å². The van der Waals surface area contributed by atoms with Gasteiger partial charge >= 0.3 is 0 Å². The van der Waals surface area contributed by atoms with E-state index in [0.717, 1.165) is 11.1 Å². The zero-order valence-corrected chi connectivity index (χ0v) is 15.6. The fourth-order valence-corrected chi connectivity index (χ4v) is 2.98. The normalized spacial score (nSPS) is 10.8. The first-order valence-electron chi connectivity index (χ1n) is 8.24. The topological polar surface area (TPSA) is 60.3 Å². The molecule has 1 heterocycles. The molecule has 3 rings (SSSR count). The molecule has 0 saturated carbocycles. The van der Waals surface area contributed by atoms with Crippen molar-refractivity contribution in [3.05, 3.63) is 69.0 Å². The van der Waals surface area contributed by atoms with Crippen molar-refractivity contribution in [3.8, 4) is 5.75 Å². The Morgan fingerprint density at radius 3 is 2.73 bits per heavy atom. The fraction of sp³-hybridized carbons (Fsp3) is 0.200. The van der Waals surface area contributed by atoms with Gasteiger partial charge in [-0.2, -0.15) is 0 Å². The lowest BCUT2D eigenvalue weighted by Gasteiger charge is -2.12. The van der Waals surface area contributed by atoms with Gasteiger partial charge in [-0.1, -0.05) is 17.7 Å². The molecule has 0 radical (unpaired) electrons. The number of carbonyl (C=O) groups excluding carboxylic acids is 1. The summed E-state index contributed by atoms with van der Waals surface area (Å²) in [5.41, 5.74) is 1.89. The number of nitrogens with one attached hydrogen (secondary N) is 1. The number of benzene rings is 2. The summed E-state index contributed by atoms with van der Waals surface area (Å²) in [5.74, 6) is 0.125. The number of rotatable bonds is 4. The van der Waals surface area contributed by atoms with Crippen LogP contribution in [0, 0.1) is 6.92 Å². The third kappa shape index (κ3) is 3.44. The zero-order chi connectivity index (χ0) is 18.8. The highest BCUT2D eigenvalue weighted by Crippen LogP contribution is 2.22. The maximum absolute atomic E-state index is 12.9. The summed E-state index contributed by atoms with van der Waals surface area (Å²) in [6.45, 7) is 4.23. The summed E-state index contributed by atoms with van der Waals surface area (Å²) in [6.07, 6.45) is 1.54. The summed E-state index contributed by atoms with van der Waals surface area (Å²) < 4.78 is 7.23. The van der Waals surface area contributed by atoms with Crippen molar-refractivity contribution in [2.24, 2.45) is 7.05 Å². The summed E-state index contributed by atoms with van der Waals surface area (Å²) in [7, 11) is 1.80. The number of hydrogen-bond donors (Lipinski definition) is 1. The quantitative estimate of drug-likeness (QED) is 0.750. The Bertz CT molecular complexity index is 1060. The van der Waals surface area contributed by atoms with Crippen LogP contribution in [-0.2, 0) is 7.05 Å². The molecule has 134 valence electrons. The van der Waals surface area contributed by atoms with Gasteiger partial charge in [0, 0.05) is 24.0 Å². The van der Waals surface area contributed by atoms with Crippen LogP contribution in [0.15, 0.2) is 47.4 Å². The second-order valence-corrected chi connectivity index (χ2v) is 6.44. The monoisotopic (exact) mass is 370 g/mol. The molecule has 2 aromatic carbocycles. The van der Waals surface area contributed by atoms with Crippen LogP contribution < -0.4 is 15.5 Å². The van der Waals surface area contributed by atoms with Gasteiger partial charge in [0.2, 0.25) is 5.43 Å². The van der Waals surface area contributed by atoms with E-state index in [1.54, 1.807) is 42.1 Å². The number of nitrogens with zero attached hydrogens (tertiary/aromatic N) is 1. The minimum absolute atomic E-state index is 0.0630. The maximum atomic E-state index is 12.9. The minimum Gasteiger partial charge on any atom is -0.494 e. The Morgan fingerprint density at radius 1 is 1.23 bits per heavy atom. The van der Waals surface area contributed by atoms with Crippen LogP contribution in [0.1, 0.15) is 22.8 Å². The molecule has 0 unspecified atom stereocenters. The maximum Gasteiger partial charge on any atom is 0.261 e. The molecule has 0 spiro atoms. The standard InChI is InChI=1S/C20H19ClN2O3/c1-4-26-14-7-8-18-15(10-14)19(24)16(11-23(18)3)20(25)22-17-9-13(21)6-5-12(17)2/h5-11H,4H2,1-3H3,(H,22,25). The third-order valence-electron chi connectivity index (χ3n) is 4.16. The van der Waals surface area contributed by atoms with Gasteiger partial charge in [-0.05, 0) is 49.7 Å². The highest BCUT2D eigenvalue weighted by Gasteiger charge is 2.16. The van der Waals surface area contributed by atoms with Gasteiger partial charge in [0.1, 0.15) is 11.3 Å². The highest BCUT2D eigenvalue weighted by molar-refractivity contribution is 6.31.